The molecule has 140 valence electrons. The maximum absolute atomic E-state index is 12.4. The molecule has 0 bridgehead atoms. The summed E-state index contributed by atoms with van der Waals surface area (Å²) in [5.74, 6) is 0.226. The third-order valence-corrected chi connectivity index (χ3v) is 4.10. The van der Waals surface area contributed by atoms with Crippen molar-refractivity contribution in [3.63, 3.8) is 0 Å². The van der Waals surface area contributed by atoms with Crippen molar-refractivity contribution in [1.29, 1.82) is 5.26 Å². The maximum atomic E-state index is 12.4. The number of ether oxygens (including phenoxy) is 1. The van der Waals surface area contributed by atoms with Crippen LogP contribution >= 0.6 is 0 Å². The highest BCUT2D eigenvalue weighted by Gasteiger charge is 2.10. The lowest BCUT2D eigenvalue weighted by atomic mass is 10.1. The topological polar surface area (TPSA) is 65.4 Å². The van der Waals surface area contributed by atoms with E-state index < -0.39 is 5.91 Å². The molecule has 0 aliphatic heterocycles. The van der Waals surface area contributed by atoms with Gasteiger partial charge in [-0.15, -0.1) is 0 Å². The lowest BCUT2D eigenvalue weighted by molar-refractivity contribution is -0.112. The summed E-state index contributed by atoms with van der Waals surface area (Å²) >= 11 is 0. The predicted octanol–water partition coefficient (Wildman–Crippen LogP) is 4.48. The molecule has 2 aromatic carbocycles. The fourth-order valence-corrected chi connectivity index (χ4v) is 2.71. The van der Waals surface area contributed by atoms with E-state index in [1.54, 1.807) is 24.3 Å². The molecule has 0 spiro atoms. The van der Waals surface area contributed by atoms with E-state index in [-0.39, 0.29) is 5.57 Å². The van der Waals surface area contributed by atoms with Crippen LogP contribution in [-0.4, -0.2) is 25.6 Å². The summed E-state index contributed by atoms with van der Waals surface area (Å²) in [4.78, 5) is 14.7. The number of amides is 1. The summed E-state index contributed by atoms with van der Waals surface area (Å²) in [7, 11) is 0. The minimum absolute atomic E-state index is 0.0485. The zero-order valence-electron chi connectivity index (χ0n) is 16.0. The van der Waals surface area contributed by atoms with Crippen molar-refractivity contribution in [2.24, 2.45) is 0 Å². The number of hydrogen-bond donors (Lipinski definition) is 1. The van der Waals surface area contributed by atoms with Gasteiger partial charge in [0.1, 0.15) is 17.4 Å². The SMILES string of the molecule is CCOc1cccc(NC(=O)/C(C#N)=C/c2ccc(N(CC)CC)cc2)c1. The number of hydrogen-bond acceptors (Lipinski definition) is 4. The van der Waals surface area contributed by atoms with E-state index in [0.29, 0.717) is 18.0 Å². The molecule has 1 N–H and O–H groups in total. The van der Waals surface area contributed by atoms with Crippen LogP contribution in [0.5, 0.6) is 5.75 Å². The van der Waals surface area contributed by atoms with Gasteiger partial charge < -0.3 is 15.0 Å². The van der Waals surface area contributed by atoms with Crippen LogP contribution in [-0.2, 0) is 4.79 Å². The molecule has 0 radical (unpaired) electrons. The van der Waals surface area contributed by atoms with E-state index in [0.717, 1.165) is 24.3 Å². The minimum atomic E-state index is -0.445. The van der Waals surface area contributed by atoms with Crippen molar-refractivity contribution in [2.75, 3.05) is 29.9 Å². The van der Waals surface area contributed by atoms with Crippen LogP contribution in [0.1, 0.15) is 26.3 Å². The second kappa shape index (κ2) is 10.0. The zero-order chi connectivity index (χ0) is 19.6. The van der Waals surface area contributed by atoms with E-state index in [4.69, 9.17) is 4.74 Å². The molecule has 0 aromatic heterocycles. The van der Waals surface area contributed by atoms with Crippen LogP contribution in [0.4, 0.5) is 11.4 Å². The van der Waals surface area contributed by atoms with Gasteiger partial charge in [-0.05, 0) is 56.7 Å². The monoisotopic (exact) mass is 363 g/mol. The van der Waals surface area contributed by atoms with Crippen LogP contribution in [0.15, 0.2) is 54.1 Å². The highest BCUT2D eigenvalue weighted by molar-refractivity contribution is 6.09. The Labute approximate surface area is 160 Å². The Morgan fingerprint density at radius 3 is 2.44 bits per heavy atom. The van der Waals surface area contributed by atoms with Crippen LogP contribution < -0.4 is 15.0 Å². The van der Waals surface area contributed by atoms with Gasteiger partial charge in [-0.3, -0.25) is 4.79 Å². The molecule has 2 aromatic rings. The molecule has 0 fully saturated rings. The van der Waals surface area contributed by atoms with Gasteiger partial charge in [-0.25, -0.2) is 0 Å². The smallest absolute Gasteiger partial charge is 0.266 e. The Kier molecular flexibility index (Phi) is 7.45. The Balaban J connectivity index is 2.14. The molecule has 5 nitrogen and oxygen atoms in total. The summed E-state index contributed by atoms with van der Waals surface area (Å²) in [5, 5.41) is 12.1. The second-order valence-electron chi connectivity index (χ2n) is 5.85. The average molecular weight is 363 g/mol. The molecule has 2 rings (SSSR count). The molecule has 0 saturated heterocycles. The number of rotatable bonds is 8. The lowest BCUT2D eigenvalue weighted by Gasteiger charge is -2.20. The van der Waals surface area contributed by atoms with E-state index in [2.05, 4.69) is 24.1 Å². The van der Waals surface area contributed by atoms with Crippen LogP contribution in [0.25, 0.3) is 6.08 Å². The minimum Gasteiger partial charge on any atom is -0.494 e. The Bertz CT molecular complexity index is 831. The lowest BCUT2D eigenvalue weighted by Crippen LogP contribution is -2.21. The molecule has 0 saturated carbocycles. The summed E-state index contributed by atoms with van der Waals surface area (Å²) in [6.07, 6.45) is 1.59. The predicted molar refractivity (Wildman–Crippen MR) is 110 cm³/mol. The van der Waals surface area contributed by atoms with Crippen molar-refractivity contribution in [3.8, 4) is 11.8 Å². The molecule has 5 heteroatoms. The van der Waals surface area contributed by atoms with Gasteiger partial charge in [0.25, 0.3) is 5.91 Å². The number of anilines is 2. The van der Waals surface area contributed by atoms with Crippen molar-refractivity contribution < 1.29 is 9.53 Å². The molecular formula is C22H25N3O2. The molecule has 27 heavy (non-hydrogen) atoms. The Morgan fingerprint density at radius 2 is 1.85 bits per heavy atom. The van der Waals surface area contributed by atoms with Crippen molar-refractivity contribution in [1.82, 2.24) is 0 Å². The normalized spacial score (nSPS) is 10.8. The van der Waals surface area contributed by atoms with E-state index in [9.17, 15) is 10.1 Å². The highest BCUT2D eigenvalue weighted by Crippen LogP contribution is 2.19. The van der Waals surface area contributed by atoms with E-state index in [1.807, 2.05) is 43.3 Å². The fourth-order valence-electron chi connectivity index (χ4n) is 2.71. The van der Waals surface area contributed by atoms with Gasteiger partial charge in [0.2, 0.25) is 0 Å². The van der Waals surface area contributed by atoms with Crippen molar-refractivity contribution in [2.45, 2.75) is 20.8 Å². The van der Waals surface area contributed by atoms with Gasteiger partial charge >= 0.3 is 0 Å². The first kappa shape index (κ1) is 20.1. The van der Waals surface area contributed by atoms with E-state index in [1.165, 1.54) is 0 Å². The average Bonchev–Trinajstić information content (AvgIpc) is 2.68. The second-order valence-corrected chi connectivity index (χ2v) is 5.85. The summed E-state index contributed by atoms with van der Waals surface area (Å²) < 4.78 is 5.42. The number of nitriles is 1. The number of carbonyl (C=O) groups is 1. The van der Waals surface area contributed by atoms with Crippen LogP contribution in [0, 0.1) is 11.3 Å². The Morgan fingerprint density at radius 1 is 1.15 bits per heavy atom. The first-order valence-electron chi connectivity index (χ1n) is 9.12. The summed E-state index contributed by atoms with van der Waals surface area (Å²) in [6, 6.07) is 16.9. The first-order chi connectivity index (χ1) is 13.1. The molecule has 0 aliphatic rings. The molecule has 0 unspecified atom stereocenters. The largest absolute Gasteiger partial charge is 0.494 e. The third kappa shape index (κ3) is 5.61. The van der Waals surface area contributed by atoms with Crippen LogP contribution in [0.2, 0.25) is 0 Å². The molecular weight excluding hydrogens is 338 g/mol. The number of nitrogens with zero attached hydrogens (tertiary/aromatic N) is 2. The molecule has 0 atom stereocenters. The Hall–Kier alpha value is -3.26. The molecule has 0 heterocycles. The maximum Gasteiger partial charge on any atom is 0.266 e. The van der Waals surface area contributed by atoms with Crippen molar-refractivity contribution in [3.05, 3.63) is 59.7 Å². The summed E-state index contributed by atoms with van der Waals surface area (Å²) in [5.41, 5.74) is 2.56. The number of nitrogens with one attached hydrogen (secondary N) is 1. The highest BCUT2D eigenvalue weighted by atomic mass is 16.5. The summed E-state index contributed by atoms with van der Waals surface area (Å²) in [6.45, 7) is 8.51. The van der Waals surface area contributed by atoms with Crippen molar-refractivity contribution >= 4 is 23.4 Å². The molecule has 1 amide bonds. The quantitative estimate of drug-likeness (QED) is 0.555. The van der Waals surface area contributed by atoms with Gasteiger partial charge in [0, 0.05) is 30.5 Å². The number of carbonyl (C=O) groups excluding carboxylic acids is 1. The van der Waals surface area contributed by atoms with Crippen LogP contribution in [0.3, 0.4) is 0 Å². The van der Waals surface area contributed by atoms with Gasteiger partial charge in [-0.2, -0.15) is 5.26 Å². The fraction of sp³-hybridized carbons (Fsp3) is 0.273. The molecule has 0 aliphatic carbocycles. The first-order valence-corrected chi connectivity index (χ1v) is 9.12. The standard InChI is InChI=1S/C22H25N3O2/c1-4-25(5-2)20-12-10-17(11-13-20)14-18(16-23)22(26)24-19-8-7-9-21(15-19)27-6-3/h7-15H,4-6H2,1-3H3,(H,24,26)/b18-14+. The van der Waals surface area contributed by atoms with E-state index >= 15 is 0 Å². The van der Waals surface area contributed by atoms with Gasteiger partial charge in [0.15, 0.2) is 0 Å². The van der Waals surface area contributed by atoms with Gasteiger partial charge in [-0.1, -0.05) is 18.2 Å². The third-order valence-electron chi connectivity index (χ3n) is 4.10. The zero-order valence-corrected chi connectivity index (χ0v) is 16.0. The van der Waals surface area contributed by atoms with Gasteiger partial charge in [0.05, 0.1) is 6.61 Å². The number of benzene rings is 2.